The lowest BCUT2D eigenvalue weighted by Gasteiger charge is -2.18. The lowest BCUT2D eigenvalue weighted by molar-refractivity contribution is 0.570. The molecule has 0 bridgehead atoms. The first-order valence-electron chi connectivity index (χ1n) is 20.2. The topological polar surface area (TPSA) is 13.1 Å². The van der Waals surface area contributed by atoms with Crippen molar-refractivity contribution in [3.05, 3.63) is 210 Å². The molecular weight excluding hydrogens is 689 g/mol. The molecule has 1 nitrogen and oxygen atoms in total. The summed E-state index contributed by atoms with van der Waals surface area (Å²) in [4.78, 5) is 0. The van der Waals surface area contributed by atoms with Gasteiger partial charge < -0.3 is 4.42 Å². The van der Waals surface area contributed by atoms with Crippen molar-refractivity contribution < 1.29 is 4.42 Å². The van der Waals surface area contributed by atoms with E-state index in [0.717, 1.165) is 35.6 Å². The van der Waals surface area contributed by atoms with E-state index in [2.05, 4.69) is 200 Å². The number of furan rings is 1. The molecule has 57 heavy (non-hydrogen) atoms. The first-order valence-corrected chi connectivity index (χ1v) is 20.2. The Morgan fingerprint density at radius 2 is 1.07 bits per heavy atom. The minimum atomic E-state index is 0.200. The Kier molecular flexibility index (Phi) is 8.18. The Morgan fingerprint density at radius 3 is 1.81 bits per heavy atom. The monoisotopic (exact) mass is 728 g/mol. The molecular formula is C56H40O. The van der Waals surface area contributed by atoms with E-state index >= 15 is 0 Å². The highest BCUT2D eigenvalue weighted by Gasteiger charge is 2.19. The van der Waals surface area contributed by atoms with Gasteiger partial charge >= 0.3 is 0 Å². The Hall–Kier alpha value is -6.96. The molecule has 1 aromatic heterocycles. The molecule has 2 aliphatic rings. The zero-order chi connectivity index (χ0) is 37.7. The van der Waals surface area contributed by atoms with Crippen molar-refractivity contribution in [1.82, 2.24) is 0 Å². The number of rotatable bonds is 6. The third kappa shape index (κ3) is 6.13. The van der Waals surface area contributed by atoms with Gasteiger partial charge in [-0.3, -0.25) is 0 Å². The van der Waals surface area contributed by atoms with Crippen molar-refractivity contribution in [2.75, 3.05) is 0 Å². The van der Waals surface area contributed by atoms with Gasteiger partial charge in [-0.05, 0) is 144 Å². The van der Waals surface area contributed by atoms with Gasteiger partial charge in [0.2, 0.25) is 0 Å². The summed E-state index contributed by atoms with van der Waals surface area (Å²) in [7, 11) is 0. The van der Waals surface area contributed by atoms with E-state index in [1.54, 1.807) is 0 Å². The molecule has 9 aromatic rings. The molecule has 0 saturated carbocycles. The summed E-state index contributed by atoms with van der Waals surface area (Å²) in [5, 5.41) is 7.40. The van der Waals surface area contributed by atoms with E-state index in [0.29, 0.717) is 0 Å². The van der Waals surface area contributed by atoms with Gasteiger partial charge in [0, 0.05) is 16.5 Å². The summed E-state index contributed by atoms with van der Waals surface area (Å²) in [6.07, 6.45) is 14.8. The van der Waals surface area contributed by atoms with Crippen LogP contribution in [-0.2, 0) is 0 Å². The van der Waals surface area contributed by atoms with Crippen LogP contribution in [0, 0.1) is 0 Å². The van der Waals surface area contributed by atoms with Gasteiger partial charge in [-0.1, -0.05) is 158 Å². The van der Waals surface area contributed by atoms with Crippen LogP contribution < -0.4 is 10.6 Å². The number of benzene rings is 8. The average molecular weight is 729 g/mol. The van der Waals surface area contributed by atoms with Crippen LogP contribution in [-0.4, -0.2) is 0 Å². The highest BCUT2D eigenvalue weighted by Crippen LogP contribution is 2.38. The van der Waals surface area contributed by atoms with E-state index in [9.17, 15) is 0 Å². The molecule has 0 amide bonds. The zero-order valence-corrected chi connectivity index (χ0v) is 31.7. The van der Waals surface area contributed by atoms with E-state index in [1.807, 2.05) is 0 Å². The van der Waals surface area contributed by atoms with Gasteiger partial charge in [0.25, 0.3) is 0 Å². The maximum absolute atomic E-state index is 6.55. The summed E-state index contributed by atoms with van der Waals surface area (Å²) in [5.41, 5.74) is 15.6. The molecule has 0 spiro atoms. The molecule has 270 valence electrons. The largest absolute Gasteiger partial charge is 0.456 e. The van der Waals surface area contributed by atoms with Crippen LogP contribution in [0.4, 0.5) is 0 Å². The van der Waals surface area contributed by atoms with Gasteiger partial charge in [-0.2, -0.15) is 0 Å². The van der Waals surface area contributed by atoms with Crippen molar-refractivity contribution in [3.63, 3.8) is 0 Å². The molecule has 0 fully saturated rings. The summed E-state index contributed by atoms with van der Waals surface area (Å²) in [5.74, 6) is 0.200. The SMILES string of the molecule is C1=CC(c2cc(-c3ccc4oc5c(c4c3)=CC(c3cc(-c4ccccc4)cc(-c4cccc6ccccc46)c3)CC=5)cc(-c3cccc4ccccc34)c2)=CCC1. The van der Waals surface area contributed by atoms with Crippen LogP contribution in [0.3, 0.4) is 0 Å². The van der Waals surface area contributed by atoms with Gasteiger partial charge in [0.1, 0.15) is 11.0 Å². The maximum Gasteiger partial charge on any atom is 0.135 e. The number of allylic oxidation sites excluding steroid dienone is 4. The molecule has 2 aliphatic carbocycles. The lowest BCUT2D eigenvalue weighted by atomic mass is 9.86. The number of hydrogen-bond donors (Lipinski definition) is 0. The van der Waals surface area contributed by atoms with Gasteiger partial charge in [0.15, 0.2) is 0 Å². The molecule has 0 aliphatic heterocycles. The summed E-state index contributed by atoms with van der Waals surface area (Å²) < 4.78 is 6.55. The Morgan fingerprint density at radius 1 is 0.439 bits per heavy atom. The fourth-order valence-electron chi connectivity index (χ4n) is 9.09. The maximum atomic E-state index is 6.55. The molecule has 1 heterocycles. The Balaban J connectivity index is 1.05. The zero-order valence-electron chi connectivity index (χ0n) is 31.7. The Bertz CT molecular complexity index is 3200. The number of fused-ring (bicyclic) bond motifs is 5. The molecule has 0 saturated heterocycles. The van der Waals surface area contributed by atoms with Crippen molar-refractivity contribution in [2.45, 2.75) is 25.2 Å². The van der Waals surface area contributed by atoms with Gasteiger partial charge in [-0.15, -0.1) is 0 Å². The molecule has 8 aromatic carbocycles. The molecule has 1 unspecified atom stereocenters. The van der Waals surface area contributed by atoms with Crippen LogP contribution in [0.5, 0.6) is 0 Å². The fourth-order valence-corrected chi connectivity index (χ4v) is 9.09. The first-order chi connectivity index (χ1) is 28.2. The first kappa shape index (κ1) is 33.4. The smallest absolute Gasteiger partial charge is 0.135 e. The van der Waals surface area contributed by atoms with Crippen molar-refractivity contribution in [1.29, 1.82) is 0 Å². The molecule has 0 radical (unpaired) electrons. The predicted molar refractivity (Wildman–Crippen MR) is 241 cm³/mol. The second-order valence-electron chi connectivity index (χ2n) is 15.5. The second kappa shape index (κ2) is 14.0. The summed E-state index contributed by atoms with van der Waals surface area (Å²) >= 11 is 0. The summed E-state index contributed by atoms with van der Waals surface area (Å²) in [6, 6.07) is 62.5. The van der Waals surface area contributed by atoms with E-state index in [-0.39, 0.29) is 5.92 Å². The molecule has 0 N–H and O–H groups in total. The predicted octanol–water partition coefficient (Wildman–Crippen LogP) is 13.9. The standard InChI is InChI=1S/C56H40O/c1-3-13-37(14-4-1)43-29-45(33-47(31-43)51-23-11-19-39-17-7-9-21-49(39)51)41-25-27-55-53(35-41)54-36-42(26-28-56(54)57-55)46-30-44(38-15-5-2-6-16-38)32-48(34-46)52-24-12-20-40-18-8-10-22-50(40)52/h1,3-5,7-24,26-36,41H,2,6,25H2. The fraction of sp³-hybridized carbons (Fsp3) is 0.0714. The minimum absolute atomic E-state index is 0.200. The highest BCUT2D eigenvalue weighted by molar-refractivity contribution is 5.99. The van der Waals surface area contributed by atoms with E-state index in [1.165, 1.54) is 88.0 Å². The van der Waals surface area contributed by atoms with Crippen molar-refractivity contribution in [3.8, 4) is 44.5 Å². The normalized spacial score (nSPS) is 14.9. The van der Waals surface area contributed by atoms with Crippen molar-refractivity contribution in [2.24, 2.45) is 0 Å². The number of hydrogen-bond acceptors (Lipinski definition) is 1. The van der Waals surface area contributed by atoms with Gasteiger partial charge in [-0.25, -0.2) is 0 Å². The quantitative estimate of drug-likeness (QED) is 0.166. The van der Waals surface area contributed by atoms with E-state index in [4.69, 9.17) is 4.42 Å². The molecule has 1 heteroatoms. The van der Waals surface area contributed by atoms with Crippen LogP contribution in [0.2, 0.25) is 0 Å². The minimum Gasteiger partial charge on any atom is -0.456 e. The van der Waals surface area contributed by atoms with Crippen LogP contribution in [0.15, 0.2) is 193 Å². The average Bonchev–Trinajstić information content (AvgIpc) is 3.66. The molecule has 11 rings (SSSR count). The highest BCUT2D eigenvalue weighted by atomic mass is 16.3. The van der Waals surface area contributed by atoms with Gasteiger partial charge in [0.05, 0.1) is 0 Å². The van der Waals surface area contributed by atoms with Crippen molar-refractivity contribution >= 4 is 50.2 Å². The lowest BCUT2D eigenvalue weighted by Crippen LogP contribution is -2.25. The second-order valence-corrected chi connectivity index (χ2v) is 15.5. The van der Waals surface area contributed by atoms with Crippen LogP contribution in [0.25, 0.3) is 94.7 Å². The third-order valence-electron chi connectivity index (χ3n) is 12.0. The Labute approximate surface area is 332 Å². The molecule has 1 atom stereocenters. The van der Waals surface area contributed by atoms with Crippen LogP contribution >= 0.6 is 0 Å². The van der Waals surface area contributed by atoms with Crippen LogP contribution in [0.1, 0.15) is 36.3 Å². The van der Waals surface area contributed by atoms with E-state index < -0.39 is 0 Å². The third-order valence-corrected chi connectivity index (χ3v) is 12.0. The summed E-state index contributed by atoms with van der Waals surface area (Å²) in [6.45, 7) is 0.